The topological polar surface area (TPSA) is 61.8 Å². The second-order valence-electron chi connectivity index (χ2n) is 3.69. The molecule has 0 spiro atoms. The van der Waals surface area contributed by atoms with Crippen LogP contribution in [0.1, 0.15) is 13.3 Å². The van der Waals surface area contributed by atoms with Gasteiger partial charge < -0.3 is 15.2 Å². The number of nitrogens with one attached hydrogen (secondary N) is 1. The number of hydrogen-bond donors (Lipinski definition) is 2. The van der Waals surface area contributed by atoms with Crippen LogP contribution in [-0.4, -0.2) is 61.4 Å². The van der Waals surface area contributed by atoms with Crippen molar-refractivity contribution in [2.45, 2.75) is 19.4 Å². The molecule has 0 aromatic rings. The average molecular weight is 216 g/mol. The molecule has 1 heterocycles. The molecule has 15 heavy (non-hydrogen) atoms. The Kier molecular flexibility index (Phi) is 5.60. The number of morpholine rings is 1. The number of likely N-dealkylation sites (N-methyl/N-ethyl adjacent to an activating group) is 1. The van der Waals surface area contributed by atoms with Crippen LogP contribution >= 0.6 is 0 Å². The standard InChI is InChI=1S/C10H20N2O3/c1-2-11-9(10(13)14)3-4-12-5-7-15-8-6-12/h9,11H,2-8H2,1H3,(H,13,14). The number of nitrogens with zero attached hydrogens (tertiary/aromatic N) is 1. The molecule has 1 aliphatic heterocycles. The Bertz CT molecular complexity index is 193. The van der Waals surface area contributed by atoms with Crippen LogP contribution in [0.25, 0.3) is 0 Å². The molecular formula is C10H20N2O3. The van der Waals surface area contributed by atoms with E-state index in [1.54, 1.807) is 0 Å². The average Bonchev–Trinajstić information content (AvgIpc) is 2.25. The van der Waals surface area contributed by atoms with Gasteiger partial charge in [0.2, 0.25) is 0 Å². The lowest BCUT2D eigenvalue weighted by molar-refractivity contribution is -0.139. The van der Waals surface area contributed by atoms with Gasteiger partial charge in [0.05, 0.1) is 13.2 Å². The van der Waals surface area contributed by atoms with Gasteiger partial charge in [-0.3, -0.25) is 9.69 Å². The minimum absolute atomic E-state index is 0.419. The minimum atomic E-state index is -0.759. The van der Waals surface area contributed by atoms with Crippen molar-refractivity contribution in [3.05, 3.63) is 0 Å². The van der Waals surface area contributed by atoms with Crippen LogP contribution in [0, 0.1) is 0 Å². The van der Waals surface area contributed by atoms with Gasteiger partial charge in [-0.2, -0.15) is 0 Å². The zero-order valence-electron chi connectivity index (χ0n) is 9.24. The van der Waals surface area contributed by atoms with Gasteiger partial charge in [0.1, 0.15) is 6.04 Å². The van der Waals surface area contributed by atoms with Crippen molar-refractivity contribution in [1.29, 1.82) is 0 Å². The van der Waals surface area contributed by atoms with Crippen LogP contribution < -0.4 is 5.32 Å². The molecule has 1 fully saturated rings. The fourth-order valence-corrected chi connectivity index (χ4v) is 1.70. The lowest BCUT2D eigenvalue weighted by Crippen LogP contribution is -2.42. The summed E-state index contributed by atoms with van der Waals surface area (Å²) in [5, 5.41) is 11.9. The smallest absolute Gasteiger partial charge is 0.320 e. The summed E-state index contributed by atoms with van der Waals surface area (Å²) in [5.74, 6) is -0.759. The van der Waals surface area contributed by atoms with Crippen LogP contribution in [0.4, 0.5) is 0 Å². The summed E-state index contributed by atoms with van der Waals surface area (Å²) in [6.07, 6.45) is 0.656. The summed E-state index contributed by atoms with van der Waals surface area (Å²) < 4.78 is 5.23. The number of rotatable bonds is 6. The summed E-state index contributed by atoms with van der Waals surface area (Å²) in [6.45, 7) is 6.80. The molecule has 0 amide bonds. The third-order valence-corrected chi connectivity index (χ3v) is 2.59. The molecule has 0 saturated carbocycles. The first-order valence-corrected chi connectivity index (χ1v) is 5.50. The van der Waals surface area contributed by atoms with Gasteiger partial charge in [0, 0.05) is 19.6 Å². The Balaban J connectivity index is 2.22. The predicted molar refractivity (Wildman–Crippen MR) is 57.0 cm³/mol. The summed E-state index contributed by atoms with van der Waals surface area (Å²) >= 11 is 0. The Labute approximate surface area is 90.4 Å². The molecule has 1 unspecified atom stereocenters. The first-order valence-electron chi connectivity index (χ1n) is 5.50. The van der Waals surface area contributed by atoms with Gasteiger partial charge in [-0.15, -0.1) is 0 Å². The van der Waals surface area contributed by atoms with Gasteiger partial charge in [0.15, 0.2) is 0 Å². The van der Waals surface area contributed by atoms with Crippen molar-refractivity contribution in [1.82, 2.24) is 10.2 Å². The molecule has 1 saturated heterocycles. The van der Waals surface area contributed by atoms with Crippen LogP contribution in [0.15, 0.2) is 0 Å². The van der Waals surface area contributed by atoms with Crippen LogP contribution in [0.2, 0.25) is 0 Å². The van der Waals surface area contributed by atoms with E-state index >= 15 is 0 Å². The molecule has 0 radical (unpaired) electrons. The molecule has 1 rings (SSSR count). The highest BCUT2D eigenvalue weighted by atomic mass is 16.5. The first kappa shape index (κ1) is 12.4. The lowest BCUT2D eigenvalue weighted by atomic mass is 10.2. The fraction of sp³-hybridized carbons (Fsp3) is 0.900. The Morgan fingerprint density at radius 2 is 2.20 bits per heavy atom. The highest BCUT2D eigenvalue weighted by Crippen LogP contribution is 2.01. The van der Waals surface area contributed by atoms with Crippen molar-refractivity contribution in [3.63, 3.8) is 0 Å². The summed E-state index contributed by atoms with van der Waals surface area (Å²) in [4.78, 5) is 13.1. The number of carboxylic acids is 1. The Hall–Kier alpha value is -0.650. The molecule has 0 bridgehead atoms. The maximum Gasteiger partial charge on any atom is 0.320 e. The second kappa shape index (κ2) is 6.76. The van der Waals surface area contributed by atoms with Gasteiger partial charge in [-0.1, -0.05) is 6.92 Å². The third kappa shape index (κ3) is 4.59. The van der Waals surface area contributed by atoms with Crippen LogP contribution in [0.5, 0.6) is 0 Å². The molecule has 1 atom stereocenters. The molecule has 2 N–H and O–H groups in total. The molecule has 1 aliphatic rings. The molecule has 88 valence electrons. The van der Waals surface area contributed by atoms with E-state index in [1.807, 2.05) is 6.92 Å². The van der Waals surface area contributed by atoms with E-state index in [2.05, 4.69) is 10.2 Å². The monoisotopic (exact) mass is 216 g/mol. The van der Waals surface area contributed by atoms with Gasteiger partial charge in [-0.25, -0.2) is 0 Å². The maximum atomic E-state index is 10.9. The molecule has 0 aliphatic carbocycles. The van der Waals surface area contributed by atoms with Crippen molar-refractivity contribution < 1.29 is 14.6 Å². The van der Waals surface area contributed by atoms with E-state index < -0.39 is 12.0 Å². The molecular weight excluding hydrogens is 196 g/mol. The predicted octanol–water partition coefficient (Wildman–Crippen LogP) is -0.229. The van der Waals surface area contributed by atoms with Crippen molar-refractivity contribution in [2.75, 3.05) is 39.4 Å². The Morgan fingerprint density at radius 1 is 1.53 bits per heavy atom. The van der Waals surface area contributed by atoms with E-state index in [4.69, 9.17) is 9.84 Å². The summed E-state index contributed by atoms with van der Waals surface area (Å²) in [7, 11) is 0. The second-order valence-corrected chi connectivity index (χ2v) is 3.69. The van der Waals surface area contributed by atoms with Gasteiger partial charge in [-0.05, 0) is 13.0 Å². The highest BCUT2D eigenvalue weighted by Gasteiger charge is 2.18. The van der Waals surface area contributed by atoms with Crippen molar-refractivity contribution >= 4 is 5.97 Å². The molecule has 5 nitrogen and oxygen atoms in total. The number of hydrogen-bond acceptors (Lipinski definition) is 4. The first-order chi connectivity index (χ1) is 7.24. The SMILES string of the molecule is CCNC(CCN1CCOCC1)C(=O)O. The van der Waals surface area contributed by atoms with E-state index in [0.29, 0.717) is 13.0 Å². The Morgan fingerprint density at radius 3 is 2.73 bits per heavy atom. The summed E-state index contributed by atoms with van der Waals surface area (Å²) in [6, 6.07) is -0.419. The summed E-state index contributed by atoms with van der Waals surface area (Å²) in [5.41, 5.74) is 0. The maximum absolute atomic E-state index is 10.9. The fourth-order valence-electron chi connectivity index (χ4n) is 1.70. The van der Waals surface area contributed by atoms with Crippen molar-refractivity contribution in [3.8, 4) is 0 Å². The number of aliphatic carboxylic acids is 1. The normalized spacial score (nSPS) is 20.1. The highest BCUT2D eigenvalue weighted by molar-refractivity contribution is 5.73. The van der Waals surface area contributed by atoms with E-state index in [9.17, 15) is 4.79 Å². The van der Waals surface area contributed by atoms with Gasteiger partial charge >= 0.3 is 5.97 Å². The zero-order valence-corrected chi connectivity index (χ0v) is 9.24. The van der Waals surface area contributed by atoms with E-state index in [1.165, 1.54) is 0 Å². The largest absolute Gasteiger partial charge is 0.480 e. The zero-order chi connectivity index (χ0) is 11.1. The molecule has 0 aromatic carbocycles. The quantitative estimate of drug-likeness (QED) is 0.642. The molecule has 0 aromatic heterocycles. The van der Waals surface area contributed by atoms with E-state index in [0.717, 1.165) is 32.8 Å². The molecule has 5 heteroatoms. The van der Waals surface area contributed by atoms with Crippen LogP contribution in [-0.2, 0) is 9.53 Å². The lowest BCUT2D eigenvalue weighted by Gasteiger charge is -2.27. The van der Waals surface area contributed by atoms with Gasteiger partial charge in [0.25, 0.3) is 0 Å². The number of carboxylic acid groups (broad SMARTS) is 1. The van der Waals surface area contributed by atoms with E-state index in [-0.39, 0.29) is 0 Å². The number of ether oxygens (including phenoxy) is 1. The third-order valence-electron chi connectivity index (χ3n) is 2.59. The minimum Gasteiger partial charge on any atom is -0.480 e. The van der Waals surface area contributed by atoms with Crippen LogP contribution in [0.3, 0.4) is 0 Å². The number of carbonyl (C=O) groups is 1. The van der Waals surface area contributed by atoms with Crippen molar-refractivity contribution in [2.24, 2.45) is 0 Å².